The van der Waals surface area contributed by atoms with Crippen LogP contribution in [0.25, 0.3) is 22.4 Å². The van der Waals surface area contributed by atoms with Crippen molar-refractivity contribution < 1.29 is 18.0 Å². The number of carbonyl (C=O) groups is 1. The van der Waals surface area contributed by atoms with Gasteiger partial charge in [0.05, 0.1) is 16.6 Å². The Morgan fingerprint density at radius 2 is 1.93 bits per heavy atom. The molecule has 2 heterocycles. The van der Waals surface area contributed by atoms with E-state index in [2.05, 4.69) is 20.3 Å². The number of carbonyl (C=O) groups excluding carboxylic acids is 1. The van der Waals surface area contributed by atoms with Crippen molar-refractivity contribution in [2.75, 3.05) is 5.32 Å². The Kier molecular flexibility index (Phi) is 4.15. The van der Waals surface area contributed by atoms with E-state index in [1.54, 1.807) is 29.8 Å². The number of fused-ring (bicyclic) bond motifs is 1. The molecule has 0 aliphatic heterocycles. The lowest BCUT2D eigenvalue weighted by Gasteiger charge is -2.10. The van der Waals surface area contributed by atoms with Crippen molar-refractivity contribution >= 4 is 33.4 Å². The third kappa shape index (κ3) is 3.28. The lowest BCUT2D eigenvalue weighted by molar-refractivity contribution is -0.137. The summed E-state index contributed by atoms with van der Waals surface area (Å²) in [6.07, 6.45) is -2.96. The first-order chi connectivity index (χ1) is 12.9. The second-order valence-electron chi connectivity index (χ2n) is 5.62. The number of imidazole rings is 1. The van der Waals surface area contributed by atoms with Crippen LogP contribution in [0.5, 0.6) is 0 Å². The van der Waals surface area contributed by atoms with Crippen LogP contribution in [0.2, 0.25) is 0 Å². The summed E-state index contributed by atoms with van der Waals surface area (Å²) in [5.74, 6) is -0.384. The van der Waals surface area contributed by atoms with Gasteiger partial charge in [0.15, 0.2) is 5.13 Å². The molecule has 4 aromatic rings. The Morgan fingerprint density at radius 1 is 1.11 bits per heavy atom. The molecule has 0 radical (unpaired) electrons. The predicted octanol–water partition coefficient (Wildman–Crippen LogP) is 4.96. The highest BCUT2D eigenvalue weighted by Gasteiger charge is 2.34. The van der Waals surface area contributed by atoms with E-state index in [1.807, 2.05) is 0 Å². The number of thiazole rings is 1. The molecule has 0 unspecified atom stereocenters. The van der Waals surface area contributed by atoms with Crippen LogP contribution in [0, 0.1) is 0 Å². The summed E-state index contributed by atoms with van der Waals surface area (Å²) in [6.45, 7) is 0. The molecule has 1 amide bonds. The standard InChI is InChI=1S/C18H11F3N4OS/c19-18(20,21)12-6-2-1-4-10(12)15-23-13-7-3-5-11(14(13)24-15)16(26)25-17-22-8-9-27-17/h1-9H,(H,23,24)(H,22,25,26). The summed E-state index contributed by atoms with van der Waals surface area (Å²) in [5.41, 5.74) is 0.132. The third-order valence-corrected chi connectivity index (χ3v) is 4.59. The van der Waals surface area contributed by atoms with E-state index in [9.17, 15) is 18.0 Å². The molecule has 0 aliphatic rings. The van der Waals surface area contributed by atoms with Gasteiger partial charge in [-0.25, -0.2) is 9.97 Å². The number of amides is 1. The van der Waals surface area contributed by atoms with Crippen molar-refractivity contribution in [2.45, 2.75) is 6.18 Å². The van der Waals surface area contributed by atoms with Gasteiger partial charge in [0.25, 0.3) is 5.91 Å². The van der Waals surface area contributed by atoms with Gasteiger partial charge >= 0.3 is 6.18 Å². The zero-order valence-corrected chi connectivity index (χ0v) is 14.4. The number of rotatable bonds is 3. The first-order valence-corrected chi connectivity index (χ1v) is 8.67. The van der Waals surface area contributed by atoms with Gasteiger partial charge < -0.3 is 4.98 Å². The molecule has 2 aromatic heterocycles. The average Bonchev–Trinajstić information content (AvgIpc) is 3.29. The van der Waals surface area contributed by atoms with Crippen LogP contribution in [0.3, 0.4) is 0 Å². The van der Waals surface area contributed by atoms with Gasteiger partial charge in [-0.2, -0.15) is 13.2 Å². The summed E-state index contributed by atoms with van der Waals surface area (Å²) < 4.78 is 39.9. The van der Waals surface area contributed by atoms with E-state index in [-0.39, 0.29) is 17.0 Å². The minimum Gasteiger partial charge on any atom is -0.338 e. The number of alkyl halides is 3. The van der Waals surface area contributed by atoms with Crippen molar-refractivity contribution in [3.63, 3.8) is 0 Å². The van der Waals surface area contributed by atoms with Gasteiger partial charge in [-0.05, 0) is 18.2 Å². The molecule has 27 heavy (non-hydrogen) atoms. The van der Waals surface area contributed by atoms with Crippen LogP contribution in [-0.4, -0.2) is 20.9 Å². The SMILES string of the molecule is O=C(Nc1nccs1)c1cccc2[nH]c(-c3ccccc3C(F)(F)F)nc12. The highest BCUT2D eigenvalue weighted by atomic mass is 32.1. The quantitative estimate of drug-likeness (QED) is 0.521. The molecule has 136 valence electrons. The fourth-order valence-electron chi connectivity index (χ4n) is 2.73. The fourth-order valence-corrected chi connectivity index (χ4v) is 3.25. The first kappa shape index (κ1) is 17.2. The highest BCUT2D eigenvalue weighted by Crippen LogP contribution is 2.36. The van der Waals surface area contributed by atoms with Crippen LogP contribution >= 0.6 is 11.3 Å². The minimum atomic E-state index is -4.51. The Bertz CT molecular complexity index is 1120. The van der Waals surface area contributed by atoms with Crippen molar-refractivity contribution in [1.29, 1.82) is 0 Å². The molecule has 0 aliphatic carbocycles. The number of hydrogen-bond acceptors (Lipinski definition) is 4. The van der Waals surface area contributed by atoms with Crippen LogP contribution in [0.15, 0.2) is 54.0 Å². The topological polar surface area (TPSA) is 70.7 Å². The Balaban J connectivity index is 1.79. The second-order valence-corrected chi connectivity index (χ2v) is 6.52. The molecule has 0 fully saturated rings. The van der Waals surface area contributed by atoms with Gasteiger partial charge in [0.1, 0.15) is 11.3 Å². The maximum Gasteiger partial charge on any atom is 0.417 e. The van der Waals surface area contributed by atoms with E-state index in [1.165, 1.54) is 29.5 Å². The molecule has 0 bridgehead atoms. The van der Waals surface area contributed by atoms with Gasteiger partial charge in [-0.15, -0.1) is 11.3 Å². The molecule has 0 spiro atoms. The van der Waals surface area contributed by atoms with Crippen molar-refractivity contribution in [3.8, 4) is 11.4 Å². The summed E-state index contributed by atoms with van der Waals surface area (Å²) in [5, 5.41) is 4.79. The molecular formula is C18H11F3N4OS. The number of aromatic amines is 1. The summed E-state index contributed by atoms with van der Waals surface area (Å²) >= 11 is 1.26. The van der Waals surface area contributed by atoms with Gasteiger partial charge in [0.2, 0.25) is 0 Å². The molecule has 5 nitrogen and oxygen atoms in total. The largest absolute Gasteiger partial charge is 0.417 e. The molecule has 0 atom stereocenters. The normalized spacial score (nSPS) is 11.7. The Morgan fingerprint density at radius 3 is 2.67 bits per heavy atom. The average molecular weight is 388 g/mol. The predicted molar refractivity (Wildman–Crippen MR) is 96.6 cm³/mol. The monoisotopic (exact) mass is 388 g/mol. The number of nitrogens with one attached hydrogen (secondary N) is 2. The number of halogens is 3. The zero-order valence-electron chi connectivity index (χ0n) is 13.5. The number of anilines is 1. The van der Waals surface area contributed by atoms with Crippen LogP contribution in [0.1, 0.15) is 15.9 Å². The molecule has 2 N–H and O–H groups in total. The smallest absolute Gasteiger partial charge is 0.338 e. The number of aromatic nitrogens is 3. The Labute approximate surface area is 154 Å². The van der Waals surface area contributed by atoms with E-state index >= 15 is 0 Å². The van der Waals surface area contributed by atoms with Crippen molar-refractivity contribution in [3.05, 3.63) is 65.2 Å². The number of nitrogens with zero attached hydrogens (tertiary/aromatic N) is 2. The lowest BCUT2D eigenvalue weighted by Crippen LogP contribution is -2.12. The molecule has 0 saturated heterocycles. The summed E-state index contributed by atoms with van der Waals surface area (Å²) in [4.78, 5) is 23.7. The fraction of sp³-hybridized carbons (Fsp3) is 0.0556. The summed E-state index contributed by atoms with van der Waals surface area (Å²) in [7, 11) is 0. The lowest BCUT2D eigenvalue weighted by atomic mass is 10.1. The molecular weight excluding hydrogens is 377 g/mol. The summed E-state index contributed by atoms with van der Waals surface area (Å²) in [6, 6.07) is 10.0. The molecule has 9 heteroatoms. The number of hydrogen-bond donors (Lipinski definition) is 2. The van der Waals surface area contributed by atoms with Crippen LogP contribution in [-0.2, 0) is 6.18 Å². The maximum atomic E-state index is 13.3. The van der Waals surface area contributed by atoms with E-state index in [4.69, 9.17) is 0 Å². The molecule has 0 saturated carbocycles. The minimum absolute atomic E-state index is 0.0485. The van der Waals surface area contributed by atoms with E-state index in [0.29, 0.717) is 16.2 Å². The Hall–Kier alpha value is -3.20. The van der Waals surface area contributed by atoms with Gasteiger partial charge in [-0.3, -0.25) is 10.1 Å². The van der Waals surface area contributed by atoms with Crippen LogP contribution in [0.4, 0.5) is 18.3 Å². The third-order valence-electron chi connectivity index (χ3n) is 3.90. The molecule has 4 rings (SSSR count). The maximum absolute atomic E-state index is 13.3. The molecule has 2 aromatic carbocycles. The van der Waals surface area contributed by atoms with Gasteiger partial charge in [0, 0.05) is 17.1 Å². The van der Waals surface area contributed by atoms with E-state index in [0.717, 1.165) is 6.07 Å². The van der Waals surface area contributed by atoms with Crippen molar-refractivity contribution in [2.24, 2.45) is 0 Å². The second kappa shape index (κ2) is 6.51. The number of H-pyrrole nitrogens is 1. The highest BCUT2D eigenvalue weighted by molar-refractivity contribution is 7.13. The first-order valence-electron chi connectivity index (χ1n) is 7.79. The van der Waals surface area contributed by atoms with Crippen molar-refractivity contribution in [1.82, 2.24) is 15.0 Å². The zero-order chi connectivity index (χ0) is 19.0. The number of benzene rings is 2. The number of para-hydroxylation sites is 1. The van der Waals surface area contributed by atoms with E-state index < -0.39 is 17.6 Å². The van der Waals surface area contributed by atoms with Gasteiger partial charge in [-0.1, -0.05) is 24.3 Å². The van der Waals surface area contributed by atoms with Crippen LogP contribution < -0.4 is 5.32 Å².